The standard InChI is InChI=1S/C26H23FN2O3S/c1-32-14-13-28-25(30)20-9-12-23-22(16-20)29(17-19-7-10-21(27)11-8-19)26(31)24(33-23)15-18-5-3-2-4-6-18/h2-12,15-16H,13-14,17H2,1H3,(H,28,30)/b24-15-. The highest BCUT2D eigenvalue weighted by atomic mass is 32.2. The Morgan fingerprint density at radius 2 is 1.85 bits per heavy atom. The van der Waals surface area contributed by atoms with Crippen LogP contribution in [0.5, 0.6) is 0 Å². The van der Waals surface area contributed by atoms with Crippen LogP contribution >= 0.6 is 11.8 Å². The summed E-state index contributed by atoms with van der Waals surface area (Å²) < 4.78 is 18.4. The van der Waals surface area contributed by atoms with Crippen LogP contribution in [-0.4, -0.2) is 32.1 Å². The molecule has 2 amide bonds. The van der Waals surface area contributed by atoms with Crippen LogP contribution in [0.25, 0.3) is 6.08 Å². The van der Waals surface area contributed by atoms with Gasteiger partial charge in [-0.25, -0.2) is 4.39 Å². The van der Waals surface area contributed by atoms with Crippen LogP contribution in [0.3, 0.4) is 0 Å². The van der Waals surface area contributed by atoms with E-state index in [1.54, 1.807) is 36.3 Å². The van der Waals surface area contributed by atoms with E-state index >= 15 is 0 Å². The third-order valence-electron chi connectivity index (χ3n) is 5.13. The molecule has 1 heterocycles. The van der Waals surface area contributed by atoms with Crippen LogP contribution in [0.2, 0.25) is 0 Å². The molecule has 0 saturated carbocycles. The highest BCUT2D eigenvalue weighted by Crippen LogP contribution is 2.43. The van der Waals surface area contributed by atoms with Gasteiger partial charge in [-0.3, -0.25) is 9.59 Å². The summed E-state index contributed by atoms with van der Waals surface area (Å²) in [6.45, 7) is 1.06. The van der Waals surface area contributed by atoms with E-state index in [-0.39, 0.29) is 24.2 Å². The molecule has 3 aromatic carbocycles. The van der Waals surface area contributed by atoms with Gasteiger partial charge in [0, 0.05) is 24.1 Å². The lowest BCUT2D eigenvalue weighted by atomic mass is 10.1. The van der Waals surface area contributed by atoms with Gasteiger partial charge in [0.05, 0.1) is 23.7 Å². The minimum absolute atomic E-state index is 0.169. The minimum atomic E-state index is -0.334. The van der Waals surface area contributed by atoms with Crippen molar-refractivity contribution >= 4 is 35.3 Å². The number of methoxy groups -OCH3 is 1. The zero-order valence-corrected chi connectivity index (χ0v) is 18.9. The molecule has 0 atom stereocenters. The average Bonchev–Trinajstić information content (AvgIpc) is 2.83. The Labute approximate surface area is 196 Å². The zero-order valence-electron chi connectivity index (χ0n) is 18.1. The third-order valence-corrected chi connectivity index (χ3v) is 6.21. The number of ether oxygens (including phenoxy) is 1. The van der Waals surface area contributed by atoms with Gasteiger partial charge in [0.1, 0.15) is 5.82 Å². The fraction of sp³-hybridized carbons (Fsp3) is 0.154. The van der Waals surface area contributed by atoms with Crippen LogP contribution in [0.4, 0.5) is 10.1 Å². The van der Waals surface area contributed by atoms with Gasteiger partial charge in [-0.15, -0.1) is 0 Å². The largest absolute Gasteiger partial charge is 0.383 e. The molecule has 5 nitrogen and oxygen atoms in total. The Balaban J connectivity index is 1.70. The molecule has 0 saturated heterocycles. The third kappa shape index (κ3) is 5.50. The van der Waals surface area contributed by atoms with Crippen molar-refractivity contribution in [2.45, 2.75) is 11.4 Å². The van der Waals surface area contributed by atoms with Crippen LogP contribution in [0, 0.1) is 5.82 Å². The molecule has 0 radical (unpaired) electrons. The van der Waals surface area contributed by atoms with Gasteiger partial charge in [0.15, 0.2) is 0 Å². The van der Waals surface area contributed by atoms with E-state index in [0.29, 0.717) is 29.3 Å². The second kappa shape index (κ2) is 10.5. The second-order valence-corrected chi connectivity index (χ2v) is 8.55. The first kappa shape index (κ1) is 22.8. The number of amides is 2. The van der Waals surface area contributed by atoms with Crippen molar-refractivity contribution in [2.24, 2.45) is 0 Å². The molecule has 0 spiro atoms. The normalized spacial score (nSPS) is 14.3. The zero-order chi connectivity index (χ0) is 23.2. The first-order valence-corrected chi connectivity index (χ1v) is 11.3. The molecular weight excluding hydrogens is 439 g/mol. The summed E-state index contributed by atoms with van der Waals surface area (Å²) in [5.74, 6) is -0.739. The monoisotopic (exact) mass is 462 g/mol. The second-order valence-electron chi connectivity index (χ2n) is 7.47. The number of nitrogens with one attached hydrogen (secondary N) is 1. The predicted octanol–water partition coefficient (Wildman–Crippen LogP) is 4.88. The molecule has 7 heteroatoms. The number of thioether (sulfide) groups is 1. The number of nitrogens with zero attached hydrogens (tertiary/aromatic N) is 1. The molecule has 168 valence electrons. The van der Waals surface area contributed by atoms with Gasteiger partial charge in [-0.2, -0.15) is 0 Å². The quantitative estimate of drug-likeness (QED) is 0.402. The van der Waals surface area contributed by atoms with Crippen LogP contribution in [0.1, 0.15) is 21.5 Å². The number of carbonyl (C=O) groups excluding carboxylic acids is 2. The summed E-state index contributed by atoms with van der Waals surface area (Å²) in [5, 5.41) is 2.80. The number of benzene rings is 3. The SMILES string of the molecule is COCCNC(=O)c1ccc2c(c1)N(Cc1ccc(F)cc1)C(=O)/C(=C/c1ccccc1)S2. The number of rotatable bonds is 7. The summed E-state index contributed by atoms with van der Waals surface area (Å²) >= 11 is 1.38. The van der Waals surface area contributed by atoms with Gasteiger partial charge in [0.2, 0.25) is 0 Å². The van der Waals surface area contributed by atoms with Crippen molar-refractivity contribution in [1.82, 2.24) is 5.32 Å². The average molecular weight is 463 g/mol. The van der Waals surface area contributed by atoms with Gasteiger partial charge in [-0.05, 0) is 47.5 Å². The molecule has 0 unspecified atom stereocenters. The Morgan fingerprint density at radius 3 is 2.58 bits per heavy atom. The van der Waals surface area contributed by atoms with Crippen molar-refractivity contribution in [3.8, 4) is 0 Å². The lowest BCUT2D eigenvalue weighted by molar-refractivity contribution is -0.114. The molecule has 1 aliphatic rings. The van der Waals surface area contributed by atoms with E-state index in [4.69, 9.17) is 4.74 Å². The van der Waals surface area contributed by atoms with Gasteiger partial charge in [0.25, 0.3) is 11.8 Å². The maximum Gasteiger partial charge on any atom is 0.265 e. The fourth-order valence-corrected chi connectivity index (χ4v) is 4.49. The van der Waals surface area contributed by atoms with Crippen molar-refractivity contribution in [1.29, 1.82) is 0 Å². The molecule has 1 aliphatic heterocycles. The maximum absolute atomic E-state index is 13.5. The molecule has 33 heavy (non-hydrogen) atoms. The number of hydrogen-bond donors (Lipinski definition) is 1. The highest BCUT2D eigenvalue weighted by molar-refractivity contribution is 8.04. The molecule has 0 fully saturated rings. The van der Waals surface area contributed by atoms with E-state index in [1.807, 2.05) is 42.5 Å². The summed E-state index contributed by atoms with van der Waals surface area (Å²) in [7, 11) is 1.57. The van der Waals surface area contributed by atoms with Crippen LogP contribution in [0.15, 0.2) is 82.6 Å². The molecule has 1 N–H and O–H groups in total. The molecule has 0 aliphatic carbocycles. The smallest absolute Gasteiger partial charge is 0.265 e. The first-order chi connectivity index (χ1) is 16.0. The Hall–Kier alpha value is -3.42. The van der Waals surface area contributed by atoms with Crippen molar-refractivity contribution in [2.75, 3.05) is 25.2 Å². The van der Waals surface area contributed by atoms with E-state index in [2.05, 4.69) is 5.32 Å². The first-order valence-electron chi connectivity index (χ1n) is 10.5. The Bertz CT molecular complexity index is 1180. The van der Waals surface area contributed by atoms with E-state index < -0.39 is 0 Å². The number of fused-ring (bicyclic) bond motifs is 1. The highest BCUT2D eigenvalue weighted by Gasteiger charge is 2.30. The van der Waals surface area contributed by atoms with Crippen molar-refractivity contribution in [3.05, 3.63) is 100 Å². The number of halogens is 1. The van der Waals surface area contributed by atoms with E-state index in [9.17, 15) is 14.0 Å². The number of anilines is 1. The number of carbonyl (C=O) groups is 2. The van der Waals surface area contributed by atoms with E-state index in [1.165, 1.54) is 23.9 Å². The molecule has 0 bridgehead atoms. The minimum Gasteiger partial charge on any atom is -0.383 e. The van der Waals surface area contributed by atoms with Gasteiger partial charge >= 0.3 is 0 Å². The Morgan fingerprint density at radius 1 is 1.09 bits per heavy atom. The van der Waals surface area contributed by atoms with Crippen LogP contribution in [-0.2, 0) is 16.1 Å². The molecule has 4 rings (SSSR count). The van der Waals surface area contributed by atoms with Crippen molar-refractivity contribution < 1.29 is 18.7 Å². The lowest BCUT2D eigenvalue weighted by Gasteiger charge is -2.31. The van der Waals surface area contributed by atoms with Crippen molar-refractivity contribution in [3.63, 3.8) is 0 Å². The maximum atomic E-state index is 13.5. The summed E-state index contributed by atoms with van der Waals surface area (Å²) in [6.07, 6.45) is 1.86. The summed E-state index contributed by atoms with van der Waals surface area (Å²) in [4.78, 5) is 29.1. The van der Waals surface area contributed by atoms with Gasteiger partial charge in [-0.1, -0.05) is 54.2 Å². The van der Waals surface area contributed by atoms with E-state index in [0.717, 1.165) is 16.0 Å². The summed E-state index contributed by atoms with van der Waals surface area (Å²) in [6, 6.07) is 21.0. The molecular formula is C26H23FN2O3S. The van der Waals surface area contributed by atoms with Crippen LogP contribution < -0.4 is 10.2 Å². The fourth-order valence-electron chi connectivity index (χ4n) is 3.45. The van der Waals surface area contributed by atoms with Gasteiger partial charge < -0.3 is 15.0 Å². The molecule has 3 aromatic rings. The Kier molecular flexibility index (Phi) is 7.22. The molecule has 0 aromatic heterocycles. The topological polar surface area (TPSA) is 58.6 Å². The summed E-state index contributed by atoms with van der Waals surface area (Å²) in [5.41, 5.74) is 2.82. The predicted molar refractivity (Wildman–Crippen MR) is 129 cm³/mol. The lowest BCUT2D eigenvalue weighted by Crippen LogP contribution is -2.34. The number of hydrogen-bond acceptors (Lipinski definition) is 4.